The molecule has 0 bridgehead atoms. The summed E-state index contributed by atoms with van der Waals surface area (Å²) in [4.78, 5) is 14.6. The van der Waals surface area contributed by atoms with Gasteiger partial charge in [0.2, 0.25) is 5.91 Å². The van der Waals surface area contributed by atoms with Crippen LogP contribution in [0.15, 0.2) is 48.5 Å². The van der Waals surface area contributed by atoms with Crippen LogP contribution in [-0.4, -0.2) is 19.0 Å². The van der Waals surface area contributed by atoms with Crippen molar-refractivity contribution < 1.29 is 9.53 Å². The number of rotatable bonds is 7. The standard InChI is InChI=1S/C22H28N2O2/c1-3-24(4-2)19-12-14-20(15-13-19)26-21-11-7-10-18(16-21)23-22(25)17-8-5-6-9-17/h7,10-17H,3-6,8-9H2,1-2H3,(H,23,25). The lowest BCUT2D eigenvalue weighted by molar-refractivity contribution is -0.119. The zero-order valence-corrected chi connectivity index (χ0v) is 15.7. The molecule has 4 nitrogen and oxygen atoms in total. The van der Waals surface area contributed by atoms with Gasteiger partial charge in [-0.25, -0.2) is 0 Å². The molecule has 1 aliphatic carbocycles. The van der Waals surface area contributed by atoms with Gasteiger partial charge in [-0.15, -0.1) is 0 Å². The van der Waals surface area contributed by atoms with Gasteiger partial charge >= 0.3 is 0 Å². The molecule has 0 saturated heterocycles. The van der Waals surface area contributed by atoms with Crippen LogP contribution < -0.4 is 15.0 Å². The summed E-state index contributed by atoms with van der Waals surface area (Å²) in [5, 5.41) is 3.02. The summed E-state index contributed by atoms with van der Waals surface area (Å²) in [6.45, 7) is 6.28. The average Bonchev–Trinajstić information content (AvgIpc) is 3.19. The lowest BCUT2D eigenvalue weighted by atomic mass is 10.1. The Bertz CT molecular complexity index is 717. The van der Waals surface area contributed by atoms with Gasteiger partial charge in [0.1, 0.15) is 11.5 Å². The summed E-state index contributed by atoms with van der Waals surface area (Å²) in [6.07, 6.45) is 4.32. The summed E-state index contributed by atoms with van der Waals surface area (Å²) in [7, 11) is 0. The highest BCUT2D eigenvalue weighted by Crippen LogP contribution is 2.28. The largest absolute Gasteiger partial charge is 0.457 e. The zero-order chi connectivity index (χ0) is 18.4. The monoisotopic (exact) mass is 352 g/mol. The third kappa shape index (κ3) is 4.57. The highest BCUT2D eigenvalue weighted by atomic mass is 16.5. The van der Waals surface area contributed by atoms with Crippen LogP contribution in [0.2, 0.25) is 0 Å². The van der Waals surface area contributed by atoms with Crippen LogP contribution in [0, 0.1) is 5.92 Å². The van der Waals surface area contributed by atoms with E-state index in [9.17, 15) is 4.79 Å². The van der Waals surface area contributed by atoms with E-state index in [-0.39, 0.29) is 11.8 Å². The van der Waals surface area contributed by atoms with E-state index in [0.717, 1.165) is 56.0 Å². The summed E-state index contributed by atoms with van der Waals surface area (Å²) in [5.74, 6) is 1.81. The van der Waals surface area contributed by atoms with Gasteiger partial charge < -0.3 is 15.0 Å². The number of carbonyl (C=O) groups is 1. The molecule has 26 heavy (non-hydrogen) atoms. The van der Waals surface area contributed by atoms with Crippen molar-refractivity contribution >= 4 is 17.3 Å². The number of anilines is 2. The van der Waals surface area contributed by atoms with Gasteiger partial charge in [-0.2, -0.15) is 0 Å². The smallest absolute Gasteiger partial charge is 0.227 e. The van der Waals surface area contributed by atoms with Crippen LogP contribution in [0.3, 0.4) is 0 Å². The lowest BCUT2D eigenvalue weighted by Crippen LogP contribution is -2.21. The minimum absolute atomic E-state index is 0.128. The van der Waals surface area contributed by atoms with Crippen LogP contribution >= 0.6 is 0 Å². The first-order valence-electron chi connectivity index (χ1n) is 9.63. The third-order valence-electron chi connectivity index (χ3n) is 5.03. The fraction of sp³-hybridized carbons (Fsp3) is 0.409. The Hall–Kier alpha value is -2.49. The van der Waals surface area contributed by atoms with Crippen LogP contribution in [0.25, 0.3) is 0 Å². The van der Waals surface area contributed by atoms with Crippen molar-refractivity contribution in [1.29, 1.82) is 0 Å². The maximum absolute atomic E-state index is 12.3. The first kappa shape index (κ1) is 18.3. The van der Waals surface area contributed by atoms with E-state index in [1.54, 1.807) is 0 Å². The molecule has 1 aliphatic rings. The number of nitrogens with zero attached hydrogens (tertiary/aromatic N) is 1. The number of benzene rings is 2. The molecule has 3 rings (SSSR count). The molecule has 0 spiro atoms. The normalized spacial score (nSPS) is 14.2. The van der Waals surface area contributed by atoms with E-state index in [4.69, 9.17) is 4.74 Å². The van der Waals surface area contributed by atoms with Crippen LogP contribution in [0.1, 0.15) is 39.5 Å². The van der Waals surface area contributed by atoms with E-state index in [1.807, 2.05) is 36.4 Å². The topological polar surface area (TPSA) is 41.6 Å². The van der Waals surface area contributed by atoms with Gasteiger partial charge in [0.25, 0.3) is 0 Å². The second-order valence-electron chi connectivity index (χ2n) is 6.77. The average molecular weight is 352 g/mol. The van der Waals surface area contributed by atoms with E-state index in [2.05, 4.69) is 36.2 Å². The van der Waals surface area contributed by atoms with Gasteiger partial charge in [-0.05, 0) is 63.1 Å². The summed E-state index contributed by atoms with van der Waals surface area (Å²) in [5.41, 5.74) is 1.99. The summed E-state index contributed by atoms with van der Waals surface area (Å²) >= 11 is 0. The molecule has 138 valence electrons. The van der Waals surface area contributed by atoms with Crippen molar-refractivity contribution in [2.45, 2.75) is 39.5 Å². The summed E-state index contributed by atoms with van der Waals surface area (Å²) in [6, 6.07) is 15.7. The second kappa shape index (κ2) is 8.75. The SMILES string of the molecule is CCN(CC)c1ccc(Oc2cccc(NC(=O)C3CCCC3)c2)cc1. The van der Waals surface area contributed by atoms with Crippen molar-refractivity contribution in [2.24, 2.45) is 5.92 Å². The van der Waals surface area contributed by atoms with Gasteiger partial charge in [-0.3, -0.25) is 4.79 Å². The van der Waals surface area contributed by atoms with Crippen LogP contribution in [0.5, 0.6) is 11.5 Å². The maximum Gasteiger partial charge on any atom is 0.227 e. The molecule has 1 amide bonds. The molecule has 0 atom stereocenters. The Morgan fingerprint density at radius 1 is 1.04 bits per heavy atom. The fourth-order valence-electron chi connectivity index (χ4n) is 3.52. The fourth-order valence-corrected chi connectivity index (χ4v) is 3.52. The minimum atomic E-state index is 0.128. The Labute approximate surface area is 156 Å². The van der Waals surface area contributed by atoms with Gasteiger partial charge in [-0.1, -0.05) is 18.9 Å². The lowest BCUT2D eigenvalue weighted by Gasteiger charge is -2.21. The number of hydrogen-bond donors (Lipinski definition) is 1. The number of ether oxygens (including phenoxy) is 1. The van der Waals surface area contributed by atoms with E-state index in [1.165, 1.54) is 5.69 Å². The maximum atomic E-state index is 12.3. The zero-order valence-electron chi connectivity index (χ0n) is 15.7. The molecule has 1 N–H and O–H groups in total. The quantitative estimate of drug-likeness (QED) is 0.720. The van der Waals surface area contributed by atoms with E-state index in [0.29, 0.717) is 0 Å². The number of carbonyl (C=O) groups excluding carboxylic acids is 1. The van der Waals surface area contributed by atoms with Crippen LogP contribution in [0.4, 0.5) is 11.4 Å². The molecule has 4 heteroatoms. The Morgan fingerprint density at radius 3 is 2.38 bits per heavy atom. The third-order valence-corrected chi connectivity index (χ3v) is 5.03. The predicted octanol–water partition coefficient (Wildman–Crippen LogP) is 5.45. The molecule has 0 unspecified atom stereocenters. The highest BCUT2D eigenvalue weighted by molar-refractivity contribution is 5.92. The molecule has 0 aromatic heterocycles. The number of amides is 1. The van der Waals surface area contributed by atoms with Crippen molar-refractivity contribution in [3.05, 3.63) is 48.5 Å². The minimum Gasteiger partial charge on any atom is -0.457 e. The van der Waals surface area contributed by atoms with E-state index >= 15 is 0 Å². The Morgan fingerprint density at radius 2 is 1.73 bits per heavy atom. The van der Waals surface area contributed by atoms with Gasteiger partial charge in [0.05, 0.1) is 0 Å². The molecule has 1 saturated carbocycles. The molecule has 0 heterocycles. The van der Waals surface area contributed by atoms with Crippen LogP contribution in [-0.2, 0) is 4.79 Å². The van der Waals surface area contributed by atoms with E-state index < -0.39 is 0 Å². The molecular weight excluding hydrogens is 324 g/mol. The second-order valence-corrected chi connectivity index (χ2v) is 6.77. The Kier molecular flexibility index (Phi) is 6.16. The number of nitrogens with one attached hydrogen (secondary N) is 1. The molecular formula is C22H28N2O2. The molecule has 1 fully saturated rings. The molecule has 0 radical (unpaired) electrons. The first-order chi connectivity index (χ1) is 12.7. The molecule has 2 aromatic carbocycles. The predicted molar refractivity (Wildman–Crippen MR) is 107 cm³/mol. The molecule has 0 aliphatic heterocycles. The number of hydrogen-bond acceptors (Lipinski definition) is 3. The van der Waals surface area contributed by atoms with Crippen molar-refractivity contribution in [2.75, 3.05) is 23.3 Å². The van der Waals surface area contributed by atoms with Crippen molar-refractivity contribution in [3.8, 4) is 11.5 Å². The first-order valence-corrected chi connectivity index (χ1v) is 9.63. The molecule has 2 aromatic rings. The van der Waals surface area contributed by atoms with Gasteiger partial charge in [0.15, 0.2) is 0 Å². The Balaban J connectivity index is 1.63. The van der Waals surface area contributed by atoms with Gasteiger partial charge in [0, 0.05) is 36.4 Å². The van der Waals surface area contributed by atoms with Crippen molar-refractivity contribution in [1.82, 2.24) is 0 Å². The highest BCUT2D eigenvalue weighted by Gasteiger charge is 2.22. The van der Waals surface area contributed by atoms with Crippen molar-refractivity contribution in [3.63, 3.8) is 0 Å². The summed E-state index contributed by atoms with van der Waals surface area (Å²) < 4.78 is 5.96.